The van der Waals surface area contributed by atoms with Crippen LogP contribution >= 0.6 is 0 Å². The molecule has 5 heteroatoms. The molecule has 2 N–H and O–H groups in total. The number of nitrogens with one attached hydrogen (secondary N) is 1. The summed E-state index contributed by atoms with van der Waals surface area (Å²) in [5.74, 6) is -0.903. The van der Waals surface area contributed by atoms with Crippen LogP contribution in [0.4, 0.5) is 0 Å². The van der Waals surface area contributed by atoms with Crippen molar-refractivity contribution in [1.82, 2.24) is 9.89 Å². The van der Waals surface area contributed by atoms with Gasteiger partial charge in [0.05, 0.1) is 11.9 Å². The van der Waals surface area contributed by atoms with Crippen molar-refractivity contribution in [1.29, 1.82) is 0 Å². The fraction of sp³-hybridized carbons (Fsp3) is 0.429. The van der Waals surface area contributed by atoms with Crippen LogP contribution in [0.15, 0.2) is 6.20 Å². The van der Waals surface area contributed by atoms with E-state index in [9.17, 15) is 4.79 Å². The van der Waals surface area contributed by atoms with Gasteiger partial charge in [0.1, 0.15) is 5.56 Å². The lowest BCUT2D eigenvalue weighted by Gasteiger charge is -2.15. The molecule has 0 aromatic carbocycles. The number of nitrogens with zero attached hydrogens (tertiary/aromatic N) is 2. The topological polar surface area (TPSA) is 67.1 Å². The minimum atomic E-state index is -0.903. The Morgan fingerprint density at radius 2 is 2.58 bits per heavy atom. The van der Waals surface area contributed by atoms with E-state index in [1.807, 2.05) is 0 Å². The van der Waals surface area contributed by atoms with Crippen LogP contribution in [0.25, 0.3) is 0 Å². The highest BCUT2D eigenvalue weighted by Crippen LogP contribution is 2.12. The third-order valence-corrected chi connectivity index (χ3v) is 1.95. The third-order valence-electron chi connectivity index (χ3n) is 1.95. The SMILES string of the molecule is O=C(O)c1cnn2c1CCCN2. The molecular formula is C7H9N3O2. The number of carboxylic acid groups (broad SMARTS) is 1. The Kier molecular flexibility index (Phi) is 1.49. The first-order valence-corrected chi connectivity index (χ1v) is 3.83. The van der Waals surface area contributed by atoms with Gasteiger partial charge in [-0.15, -0.1) is 0 Å². The van der Waals surface area contributed by atoms with Gasteiger partial charge in [-0.05, 0) is 12.8 Å². The third kappa shape index (κ3) is 0.939. The summed E-state index contributed by atoms with van der Waals surface area (Å²) in [7, 11) is 0. The fourth-order valence-electron chi connectivity index (χ4n) is 1.37. The Labute approximate surface area is 69.0 Å². The van der Waals surface area contributed by atoms with Crippen molar-refractivity contribution in [3.63, 3.8) is 0 Å². The second kappa shape index (κ2) is 2.51. The highest BCUT2D eigenvalue weighted by Gasteiger charge is 2.18. The summed E-state index contributed by atoms with van der Waals surface area (Å²) in [6.07, 6.45) is 3.14. The van der Waals surface area contributed by atoms with Crippen molar-refractivity contribution in [3.05, 3.63) is 17.5 Å². The summed E-state index contributed by atoms with van der Waals surface area (Å²) >= 11 is 0. The fourth-order valence-corrected chi connectivity index (χ4v) is 1.37. The van der Waals surface area contributed by atoms with Gasteiger partial charge in [0.15, 0.2) is 0 Å². The van der Waals surface area contributed by atoms with Crippen molar-refractivity contribution in [2.24, 2.45) is 0 Å². The van der Waals surface area contributed by atoms with Gasteiger partial charge in [-0.25, -0.2) is 4.79 Å². The smallest absolute Gasteiger partial charge is 0.339 e. The Morgan fingerprint density at radius 3 is 3.33 bits per heavy atom. The minimum Gasteiger partial charge on any atom is -0.478 e. The molecule has 12 heavy (non-hydrogen) atoms. The van der Waals surface area contributed by atoms with E-state index in [1.165, 1.54) is 6.20 Å². The monoisotopic (exact) mass is 167 g/mol. The lowest BCUT2D eigenvalue weighted by molar-refractivity contribution is 0.0695. The van der Waals surface area contributed by atoms with Crippen LogP contribution in [-0.2, 0) is 6.42 Å². The van der Waals surface area contributed by atoms with Gasteiger partial charge in [-0.3, -0.25) is 0 Å². The molecule has 2 rings (SSSR count). The predicted octanol–water partition coefficient (Wildman–Crippen LogP) is 0.0710. The van der Waals surface area contributed by atoms with Crippen LogP contribution in [0.5, 0.6) is 0 Å². The first kappa shape index (κ1) is 7.15. The Morgan fingerprint density at radius 1 is 1.75 bits per heavy atom. The molecule has 0 bridgehead atoms. The van der Waals surface area contributed by atoms with Crippen molar-refractivity contribution in [3.8, 4) is 0 Å². The molecule has 64 valence electrons. The number of aromatic carboxylic acids is 1. The molecular weight excluding hydrogens is 158 g/mol. The van der Waals surface area contributed by atoms with Gasteiger partial charge < -0.3 is 10.5 Å². The summed E-state index contributed by atoms with van der Waals surface area (Å²) in [6, 6.07) is 0. The van der Waals surface area contributed by atoms with Gasteiger partial charge in [0, 0.05) is 6.54 Å². The molecule has 0 unspecified atom stereocenters. The Hall–Kier alpha value is -1.52. The molecule has 2 heterocycles. The number of hydrogen-bond donors (Lipinski definition) is 2. The van der Waals surface area contributed by atoms with Crippen LogP contribution in [0.3, 0.4) is 0 Å². The zero-order chi connectivity index (χ0) is 8.55. The minimum absolute atomic E-state index is 0.308. The van der Waals surface area contributed by atoms with E-state index < -0.39 is 5.97 Å². The highest BCUT2D eigenvalue weighted by molar-refractivity contribution is 5.88. The van der Waals surface area contributed by atoms with Gasteiger partial charge in [-0.2, -0.15) is 9.89 Å². The van der Waals surface area contributed by atoms with E-state index in [4.69, 9.17) is 5.11 Å². The molecule has 0 amide bonds. The van der Waals surface area contributed by atoms with E-state index in [2.05, 4.69) is 10.5 Å². The molecule has 0 aliphatic carbocycles. The zero-order valence-corrected chi connectivity index (χ0v) is 6.45. The first-order valence-electron chi connectivity index (χ1n) is 3.83. The standard InChI is InChI=1S/C7H9N3O2/c11-7(12)5-4-9-10-6(5)2-1-3-8-10/h4,8H,1-3H2,(H,11,12). The van der Waals surface area contributed by atoms with E-state index >= 15 is 0 Å². The maximum Gasteiger partial charge on any atom is 0.339 e. The van der Waals surface area contributed by atoms with Crippen molar-refractivity contribution in [2.45, 2.75) is 12.8 Å². The lowest BCUT2D eigenvalue weighted by atomic mass is 10.1. The average molecular weight is 167 g/mol. The summed E-state index contributed by atoms with van der Waals surface area (Å²) in [5, 5.41) is 12.7. The summed E-state index contributed by atoms with van der Waals surface area (Å²) < 4.78 is 0. The molecule has 0 saturated heterocycles. The van der Waals surface area contributed by atoms with E-state index in [0.29, 0.717) is 5.56 Å². The molecule has 0 radical (unpaired) electrons. The first-order chi connectivity index (χ1) is 5.79. The van der Waals surface area contributed by atoms with Crippen molar-refractivity contribution in [2.75, 3.05) is 12.0 Å². The quantitative estimate of drug-likeness (QED) is 0.621. The van der Waals surface area contributed by atoms with Crippen LogP contribution in [0.2, 0.25) is 0 Å². The molecule has 1 aliphatic heterocycles. The number of fused-ring (bicyclic) bond motifs is 1. The normalized spacial score (nSPS) is 15.0. The molecule has 0 fully saturated rings. The van der Waals surface area contributed by atoms with Crippen LogP contribution in [0.1, 0.15) is 22.5 Å². The summed E-state index contributed by atoms with van der Waals surface area (Å²) in [4.78, 5) is 12.2. The van der Waals surface area contributed by atoms with E-state index in [0.717, 1.165) is 25.1 Å². The number of rotatable bonds is 1. The van der Waals surface area contributed by atoms with Gasteiger partial charge in [0.25, 0.3) is 0 Å². The summed E-state index contributed by atoms with van der Waals surface area (Å²) in [5.41, 5.74) is 4.06. The average Bonchev–Trinajstić information content (AvgIpc) is 2.47. The molecule has 0 saturated carbocycles. The molecule has 0 atom stereocenters. The highest BCUT2D eigenvalue weighted by atomic mass is 16.4. The van der Waals surface area contributed by atoms with Crippen molar-refractivity contribution >= 4 is 5.97 Å². The summed E-state index contributed by atoms with van der Waals surface area (Å²) in [6.45, 7) is 0.855. The van der Waals surface area contributed by atoms with Crippen LogP contribution < -0.4 is 5.43 Å². The maximum atomic E-state index is 10.7. The molecule has 1 aromatic rings. The van der Waals surface area contributed by atoms with Crippen molar-refractivity contribution < 1.29 is 9.90 Å². The lowest BCUT2D eigenvalue weighted by Crippen LogP contribution is -2.26. The van der Waals surface area contributed by atoms with E-state index in [-0.39, 0.29) is 0 Å². The molecule has 1 aromatic heterocycles. The predicted molar refractivity (Wildman–Crippen MR) is 41.7 cm³/mol. The molecule has 5 nitrogen and oxygen atoms in total. The number of carbonyl (C=O) groups is 1. The largest absolute Gasteiger partial charge is 0.478 e. The Balaban J connectivity index is 2.44. The Bertz CT molecular complexity index is 318. The van der Waals surface area contributed by atoms with Gasteiger partial charge in [0.2, 0.25) is 0 Å². The van der Waals surface area contributed by atoms with E-state index in [1.54, 1.807) is 4.79 Å². The van der Waals surface area contributed by atoms with Gasteiger partial charge in [-0.1, -0.05) is 0 Å². The number of aromatic nitrogens is 2. The number of hydrogen-bond acceptors (Lipinski definition) is 3. The van der Waals surface area contributed by atoms with Crippen LogP contribution in [0, 0.1) is 0 Å². The molecule has 1 aliphatic rings. The molecule has 0 spiro atoms. The second-order valence-electron chi connectivity index (χ2n) is 2.73. The zero-order valence-electron chi connectivity index (χ0n) is 6.45. The van der Waals surface area contributed by atoms with Crippen LogP contribution in [-0.4, -0.2) is 27.5 Å². The van der Waals surface area contributed by atoms with Gasteiger partial charge >= 0.3 is 5.97 Å². The maximum absolute atomic E-state index is 10.7. The second-order valence-corrected chi connectivity index (χ2v) is 2.73. The number of carboxylic acids is 1.